The predicted octanol–water partition coefficient (Wildman–Crippen LogP) is 3.05. The summed E-state index contributed by atoms with van der Waals surface area (Å²) < 4.78 is 10.6. The molecule has 7 nitrogen and oxygen atoms in total. The van der Waals surface area contributed by atoms with E-state index >= 15 is 0 Å². The summed E-state index contributed by atoms with van der Waals surface area (Å²) in [4.78, 5) is 16.8. The van der Waals surface area contributed by atoms with Crippen LogP contribution in [0.2, 0.25) is 0 Å². The van der Waals surface area contributed by atoms with Gasteiger partial charge >= 0.3 is 0 Å². The van der Waals surface area contributed by atoms with Gasteiger partial charge in [-0.15, -0.1) is 10.2 Å². The molecule has 1 fully saturated rings. The number of aromatic nitrogens is 2. The Hall–Kier alpha value is -3.61. The monoisotopic (exact) mass is 418 g/mol. The molecule has 2 aromatic carbocycles. The van der Waals surface area contributed by atoms with Crippen LogP contribution in [0.4, 0.5) is 5.82 Å². The molecular weight excluding hydrogens is 392 g/mol. The van der Waals surface area contributed by atoms with Gasteiger partial charge in [0.1, 0.15) is 0 Å². The average Bonchev–Trinajstić information content (AvgIpc) is 2.84. The molecular formula is C24H26N4O3. The fraction of sp³-hybridized carbons (Fsp3) is 0.292. The lowest BCUT2D eigenvalue weighted by atomic mass is 10.1. The number of benzene rings is 2. The molecule has 0 aliphatic carbocycles. The maximum Gasteiger partial charge on any atom is 0.227 e. The fourth-order valence-electron chi connectivity index (χ4n) is 3.72. The van der Waals surface area contributed by atoms with E-state index in [9.17, 15) is 4.79 Å². The number of hydrogen-bond acceptors (Lipinski definition) is 6. The summed E-state index contributed by atoms with van der Waals surface area (Å²) in [5.41, 5.74) is 2.81. The number of nitrogens with zero attached hydrogens (tertiary/aromatic N) is 4. The lowest BCUT2D eigenvalue weighted by Crippen LogP contribution is -2.49. The van der Waals surface area contributed by atoms with Crippen molar-refractivity contribution in [3.63, 3.8) is 0 Å². The minimum atomic E-state index is 0.109. The highest BCUT2D eigenvalue weighted by molar-refractivity contribution is 5.79. The number of ether oxygens (including phenoxy) is 2. The highest BCUT2D eigenvalue weighted by Gasteiger charge is 2.22. The summed E-state index contributed by atoms with van der Waals surface area (Å²) in [7, 11) is 3.19. The van der Waals surface area contributed by atoms with Crippen molar-refractivity contribution < 1.29 is 14.3 Å². The van der Waals surface area contributed by atoms with Gasteiger partial charge < -0.3 is 19.3 Å². The molecule has 0 spiro atoms. The summed E-state index contributed by atoms with van der Waals surface area (Å²) in [6.45, 7) is 2.79. The number of rotatable bonds is 6. The van der Waals surface area contributed by atoms with Gasteiger partial charge in [0, 0.05) is 31.7 Å². The van der Waals surface area contributed by atoms with E-state index in [0.29, 0.717) is 31.0 Å². The van der Waals surface area contributed by atoms with E-state index in [-0.39, 0.29) is 5.91 Å². The first kappa shape index (κ1) is 20.7. The zero-order valence-corrected chi connectivity index (χ0v) is 17.8. The van der Waals surface area contributed by atoms with Crippen molar-refractivity contribution in [2.45, 2.75) is 6.42 Å². The molecule has 4 rings (SSSR count). The van der Waals surface area contributed by atoms with E-state index in [1.165, 1.54) is 0 Å². The van der Waals surface area contributed by atoms with Crippen molar-refractivity contribution in [3.05, 3.63) is 66.2 Å². The summed E-state index contributed by atoms with van der Waals surface area (Å²) in [5.74, 6) is 2.24. The zero-order chi connectivity index (χ0) is 21.6. The van der Waals surface area contributed by atoms with Crippen LogP contribution in [-0.2, 0) is 11.2 Å². The Kier molecular flexibility index (Phi) is 6.31. The topological polar surface area (TPSA) is 67.8 Å². The van der Waals surface area contributed by atoms with Crippen LogP contribution in [0.15, 0.2) is 60.7 Å². The van der Waals surface area contributed by atoms with Gasteiger partial charge in [0.2, 0.25) is 5.91 Å². The summed E-state index contributed by atoms with van der Waals surface area (Å²) in [6, 6.07) is 19.6. The molecule has 160 valence electrons. The van der Waals surface area contributed by atoms with Gasteiger partial charge in [-0.1, -0.05) is 36.4 Å². The summed E-state index contributed by atoms with van der Waals surface area (Å²) in [6.07, 6.45) is 0.339. The largest absolute Gasteiger partial charge is 0.493 e. The molecule has 2 heterocycles. The molecule has 1 aliphatic rings. The number of anilines is 1. The van der Waals surface area contributed by atoms with Crippen molar-refractivity contribution >= 4 is 11.7 Å². The van der Waals surface area contributed by atoms with Crippen molar-refractivity contribution in [2.24, 2.45) is 0 Å². The minimum absolute atomic E-state index is 0.109. The van der Waals surface area contributed by atoms with Crippen molar-refractivity contribution in [1.29, 1.82) is 0 Å². The minimum Gasteiger partial charge on any atom is -0.493 e. The molecule has 0 saturated carbocycles. The van der Waals surface area contributed by atoms with Crippen LogP contribution in [0, 0.1) is 0 Å². The number of piperazine rings is 1. The van der Waals surface area contributed by atoms with Crippen LogP contribution in [-0.4, -0.2) is 61.4 Å². The van der Waals surface area contributed by atoms with Gasteiger partial charge in [-0.05, 0) is 29.8 Å². The second-order valence-corrected chi connectivity index (χ2v) is 7.38. The molecule has 0 radical (unpaired) electrons. The normalized spacial score (nSPS) is 13.7. The first-order valence-corrected chi connectivity index (χ1v) is 10.3. The van der Waals surface area contributed by atoms with Crippen molar-refractivity contribution in [2.75, 3.05) is 45.3 Å². The highest BCUT2D eigenvalue weighted by atomic mass is 16.5. The van der Waals surface area contributed by atoms with E-state index in [4.69, 9.17) is 9.47 Å². The number of hydrogen-bond donors (Lipinski definition) is 0. The van der Waals surface area contributed by atoms with Gasteiger partial charge in [-0.25, -0.2) is 0 Å². The van der Waals surface area contributed by atoms with E-state index in [2.05, 4.69) is 15.1 Å². The summed E-state index contributed by atoms with van der Waals surface area (Å²) in [5, 5.41) is 8.77. The molecule has 1 aromatic heterocycles. The highest BCUT2D eigenvalue weighted by Crippen LogP contribution is 2.28. The van der Waals surface area contributed by atoms with Gasteiger partial charge in [0.05, 0.1) is 26.3 Å². The Morgan fingerprint density at radius 2 is 1.61 bits per heavy atom. The van der Waals surface area contributed by atoms with Crippen LogP contribution in [0.5, 0.6) is 11.5 Å². The molecule has 31 heavy (non-hydrogen) atoms. The van der Waals surface area contributed by atoms with E-state index in [1.54, 1.807) is 14.2 Å². The SMILES string of the molecule is COc1ccc(CC(=O)N2CCN(c3ccc(-c4ccccc4)nn3)CC2)cc1OC. The van der Waals surface area contributed by atoms with E-state index < -0.39 is 0 Å². The standard InChI is InChI=1S/C24H26N4O3/c1-30-21-10-8-18(16-22(21)31-2)17-24(29)28-14-12-27(13-15-28)23-11-9-20(25-26-23)19-6-4-3-5-7-19/h3-11,16H,12-15,17H2,1-2H3. The third kappa shape index (κ3) is 4.77. The maximum absolute atomic E-state index is 12.8. The Labute approximate surface area is 182 Å². The van der Waals surface area contributed by atoms with Gasteiger partial charge in [0.25, 0.3) is 0 Å². The van der Waals surface area contributed by atoms with Crippen LogP contribution in [0.1, 0.15) is 5.56 Å². The quantitative estimate of drug-likeness (QED) is 0.613. The molecule has 1 amide bonds. The molecule has 0 N–H and O–H groups in total. The second kappa shape index (κ2) is 9.47. The third-order valence-corrected chi connectivity index (χ3v) is 5.48. The fourth-order valence-corrected chi connectivity index (χ4v) is 3.72. The van der Waals surface area contributed by atoms with Gasteiger partial charge in [-0.2, -0.15) is 0 Å². The van der Waals surface area contributed by atoms with Crippen molar-refractivity contribution in [3.8, 4) is 22.8 Å². The van der Waals surface area contributed by atoms with E-state index in [1.807, 2.05) is 65.6 Å². The first-order valence-electron chi connectivity index (χ1n) is 10.3. The summed E-state index contributed by atoms with van der Waals surface area (Å²) >= 11 is 0. The third-order valence-electron chi connectivity index (χ3n) is 5.48. The Bertz CT molecular complexity index is 1020. The van der Waals surface area contributed by atoms with Crippen LogP contribution < -0.4 is 14.4 Å². The molecule has 7 heteroatoms. The van der Waals surface area contributed by atoms with Gasteiger partial charge in [-0.3, -0.25) is 4.79 Å². The Morgan fingerprint density at radius 1 is 0.871 bits per heavy atom. The number of methoxy groups -OCH3 is 2. The number of carbonyl (C=O) groups excluding carboxylic acids is 1. The molecule has 1 aliphatic heterocycles. The molecule has 0 bridgehead atoms. The predicted molar refractivity (Wildman–Crippen MR) is 120 cm³/mol. The maximum atomic E-state index is 12.8. The van der Waals surface area contributed by atoms with Crippen LogP contribution >= 0.6 is 0 Å². The Balaban J connectivity index is 1.33. The smallest absolute Gasteiger partial charge is 0.227 e. The van der Waals surface area contributed by atoms with Crippen molar-refractivity contribution in [1.82, 2.24) is 15.1 Å². The second-order valence-electron chi connectivity index (χ2n) is 7.38. The molecule has 0 unspecified atom stereocenters. The zero-order valence-electron chi connectivity index (χ0n) is 17.8. The van der Waals surface area contributed by atoms with Gasteiger partial charge in [0.15, 0.2) is 17.3 Å². The molecule has 0 atom stereocenters. The molecule has 3 aromatic rings. The van der Waals surface area contributed by atoms with Crippen LogP contribution in [0.25, 0.3) is 11.3 Å². The van der Waals surface area contributed by atoms with Crippen LogP contribution in [0.3, 0.4) is 0 Å². The first-order chi connectivity index (χ1) is 15.2. The lowest BCUT2D eigenvalue weighted by Gasteiger charge is -2.35. The number of amides is 1. The molecule has 1 saturated heterocycles. The average molecular weight is 418 g/mol. The number of carbonyl (C=O) groups is 1. The Morgan fingerprint density at radius 3 is 2.26 bits per heavy atom. The van der Waals surface area contributed by atoms with E-state index in [0.717, 1.165) is 35.7 Å². The lowest BCUT2D eigenvalue weighted by molar-refractivity contribution is -0.130.